The van der Waals surface area contributed by atoms with Crippen LogP contribution >= 0.6 is 0 Å². The minimum absolute atomic E-state index is 0.126. The Balaban J connectivity index is 1.58. The first-order valence-electron chi connectivity index (χ1n) is 9.75. The van der Waals surface area contributed by atoms with Crippen molar-refractivity contribution >= 4 is 23.3 Å². The minimum Gasteiger partial charge on any atom is -0.550 e. The summed E-state index contributed by atoms with van der Waals surface area (Å²) in [5, 5.41) is 1.05. The summed E-state index contributed by atoms with van der Waals surface area (Å²) in [6.45, 7) is -0.000419. The van der Waals surface area contributed by atoms with Gasteiger partial charge in [0.25, 0.3) is 0 Å². The second kappa shape index (κ2) is 7.98. The monoisotopic (exact) mass is 381 g/mol. The lowest BCUT2D eigenvalue weighted by molar-refractivity contribution is -0.0560. The van der Waals surface area contributed by atoms with Crippen molar-refractivity contribution in [2.75, 3.05) is 6.79 Å². The van der Waals surface area contributed by atoms with Crippen molar-refractivity contribution in [1.82, 2.24) is 4.98 Å². The van der Waals surface area contributed by atoms with E-state index in [0.29, 0.717) is 0 Å². The number of hydrogen-bond acceptors (Lipinski definition) is 4. The SMILES string of the molecule is C1=C2C/C=C\C(B(Oc3cccc4cccnc34)c3ccccc3)=C/C1OCO2. The summed E-state index contributed by atoms with van der Waals surface area (Å²) in [7, 11) is 0. The molecule has 0 spiro atoms. The number of pyridine rings is 1. The van der Waals surface area contributed by atoms with Crippen LogP contribution in [0, 0.1) is 0 Å². The standard InChI is InChI=1S/C24H20BNO3/c1-2-9-19(10-3-1)25(20-11-5-12-21-16-22(15-20)28-17-27-21)29-23-13-4-7-18-8-6-14-26-24(18)23/h1-11,13-16,22H,12,17H2/b11-5-,20-15+. The lowest BCUT2D eigenvalue weighted by atomic mass is 9.54. The summed E-state index contributed by atoms with van der Waals surface area (Å²) in [4.78, 5) is 4.54. The summed E-state index contributed by atoms with van der Waals surface area (Å²) >= 11 is 0. The Bertz CT molecular complexity index is 1100. The number of hydrogen-bond donors (Lipinski definition) is 0. The molecule has 5 heteroatoms. The Morgan fingerprint density at radius 2 is 1.86 bits per heavy atom. The molecule has 29 heavy (non-hydrogen) atoms. The zero-order chi connectivity index (χ0) is 19.5. The van der Waals surface area contributed by atoms with Gasteiger partial charge in [-0.25, -0.2) is 0 Å². The molecule has 0 radical (unpaired) electrons. The zero-order valence-corrected chi connectivity index (χ0v) is 15.9. The largest absolute Gasteiger partial charge is 0.550 e. The van der Waals surface area contributed by atoms with Gasteiger partial charge in [0.15, 0.2) is 6.79 Å². The van der Waals surface area contributed by atoms with Gasteiger partial charge in [-0.3, -0.25) is 4.98 Å². The summed E-state index contributed by atoms with van der Waals surface area (Å²) in [6, 6.07) is 20.2. The van der Waals surface area contributed by atoms with Crippen LogP contribution in [-0.4, -0.2) is 24.8 Å². The van der Waals surface area contributed by atoms with Crippen molar-refractivity contribution in [2.45, 2.75) is 12.5 Å². The molecule has 0 saturated heterocycles. The van der Waals surface area contributed by atoms with Gasteiger partial charge < -0.3 is 14.1 Å². The molecule has 1 unspecified atom stereocenters. The second-order valence-corrected chi connectivity index (χ2v) is 7.04. The number of allylic oxidation sites excluding steroid dienone is 3. The number of nitrogens with zero attached hydrogens (tertiary/aromatic N) is 1. The molecule has 0 amide bonds. The smallest absolute Gasteiger partial charge is 0.426 e. The normalized spacial score (nSPS) is 21.0. The third-order valence-electron chi connectivity index (χ3n) is 5.09. The zero-order valence-electron chi connectivity index (χ0n) is 15.9. The van der Waals surface area contributed by atoms with Crippen LogP contribution < -0.4 is 10.1 Å². The number of rotatable bonds is 4. The van der Waals surface area contributed by atoms with Gasteiger partial charge in [0.2, 0.25) is 0 Å². The van der Waals surface area contributed by atoms with E-state index in [9.17, 15) is 0 Å². The highest BCUT2D eigenvalue weighted by atomic mass is 16.7. The molecule has 0 fully saturated rings. The van der Waals surface area contributed by atoms with E-state index in [1.165, 1.54) is 0 Å². The van der Waals surface area contributed by atoms with Crippen molar-refractivity contribution in [2.24, 2.45) is 0 Å². The predicted molar refractivity (Wildman–Crippen MR) is 115 cm³/mol. The van der Waals surface area contributed by atoms with Crippen molar-refractivity contribution in [3.63, 3.8) is 0 Å². The van der Waals surface area contributed by atoms with Gasteiger partial charge in [0.05, 0.1) is 0 Å². The van der Waals surface area contributed by atoms with E-state index < -0.39 is 0 Å². The molecule has 0 N–H and O–H groups in total. The van der Waals surface area contributed by atoms with Crippen LogP contribution in [0.3, 0.4) is 0 Å². The van der Waals surface area contributed by atoms with Crippen molar-refractivity contribution in [3.8, 4) is 5.75 Å². The summed E-state index contributed by atoms with van der Waals surface area (Å²) < 4.78 is 17.9. The lowest BCUT2D eigenvalue weighted by Gasteiger charge is -2.24. The van der Waals surface area contributed by atoms with Gasteiger partial charge in [-0.05, 0) is 29.1 Å². The quantitative estimate of drug-likeness (QED) is 0.636. The molecule has 2 heterocycles. The highest BCUT2D eigenvalue weighted by molar-refractivity contribution is 6.75. The van der Waals surface area contributed by atoms with Crippen molar-refractivity contribution < 1.29 is 14.1 Å². The highest BCUT2D eigenvalue weighted by Crippen LogP contribution is 2.26. The molecule has 1 atom stereocenters. The molecule has 2 aliphatic rings. The van der Waals surface area contributed by atoms with Gasteiger partial charge in [-0.2, -0.15) is 0 Å². The van der Waals surface area contributed by atoms with Crippen molar-refractivity contribution in [1.29, 1.82) is 0 Å². The topological polar surface area (TPSA) is 40.6 Å². The lowest BCUT2D eigenvalue weighted by Crippen LogP contribution is -2.39. The third kappa shape index (κ3) is 3.82. The van der Waals surface area contributed by atoms with Gasteiger partial charge in [-0.1, -0.05) is 66.8 Å². The van der Waals surface area contributed by atoms with E-state index in [0.717, 1.165) is 39.8 Å². The summed E-state index contributed by atoms with van der Waals surface area (Å²) in [6.07, 6.45) is 10.8. The van der Waals surface area contributed by atoms with E-state index >= 15 is 0 Å². The van der Waals surface area contributed by atoms with E-state index in [2.05, 4.69) is 35.3 Å². The Morgan fingerprint density at radius 1 is 0.966 bits per heavy atom. The van der Waals surface area contributed by atoms with Crippen LogP contribution in [-0.2, 0) is 9.47 Å². The molecule has 0 saturated carbocycles. The number of benzene rings is 2. The Labute approximate surface area is 170 Å². The Hall–Kier alpha value is -3.31. The molecule has 5 rings (SSSR count). The van der Waals surface area contributed by atoms with Crippen LogP contribution in [0.25, 0.3) is 10.9 Å². The molecule has 2 aromatic carbocycles. The maximum absolute atomic E-state index is 6.60. The molecular formula is C24H20BNO3. The number of para-hydroxylation sites is 1. The minimum atomic E-state index is -0.276. The van der Waals surface area contributed by atoms with Crippen LogP contribution in [0.2, 0.25) is 0 Å². The van der Waals surface area contributed by atoms with Crippen LogP contribution in [0.4, 0.5) is 0 Å². The highest BCUT2D eigenvalue weighted by Gasteiger charge is 2.28. The first-order chi connectivity index (χ1) is 14.4. The molecule has 2 bridgehead atoms. The second-order valence-electron chi connectivity index (χ2n) is 7.04. The molecule has 1 aromatic heterocycles. The van der Waals surface area contributed by atoms with Crippen LogP contribution in [0.5, 0.6) is 5.75 Å². The molecule has 1 aliphatic carbocycles. The van der Waals surface area contributed by atoms with Crippen LogP contribution in [0.1, 0.15) is 6.42 Å². The van der Waals surface area contributed by atoms with Gasteiger partial charge >= 0.3 is 6.92 Å². The van der Waals surface area contributed by atoms with E-state index in [1.807, 2.05) is 54.6 Å². The molecule has 3 aromatic rings. The number of fused-ring (bicyclic) bond motifs is 2. The van der Waals surface area contributed by atoms with E-state index in [4.69, 9.17) is 14.1 Å². The fourth-order valence-electron chi connectivity index (χ4n) is 3.68. The maximum atomic E-state index is 6.60. The fraction of sp³-hybridized carbons (Fsp3) is 0.125. The number of aromatic nitrogens is 1. The van der Waals surface area contributed by atoms with Gasteiger partial charge in [0, 0.05) is 18.0 Å². The molecule has 4 nitrogen and oxygen atoms in total. The number of ether oxygens (including phenoxy) is 2. The first kappa shape index (κ1) is 17.8. The fourth-order valence-corrected chi connectivity index (χ4v) is 3.68. The molecule has 1 aliphatic heterocycles. The maximum Gasteiger partial charge on any atom is 0.426 e. The predicted octanol–water partition coefficient (Wildman–Crippen LogP) is 4.19. The molecule has 142 valence electrons. The van der Waals surface area contributed by atoms with Gasteiger partial charge in [-0.15, -0.1) is 0 Å². The average Bonchev–Trinajstić information content (AvgIpc) is 2.77. The molecular weight excluding hydrogens is 361 g/mol. The Kier molecular flexibility index (Phi) is 4.89. The third-order valence-corrected chi connectivity index (χ3v) is 5.09. The van der Waals surface area contributed by atoms with Gasteiger partial charge in [0.1, 0.15) is 23.1 Å². The van der Waals surface area contributed by atoms with Crippen LogP contribution in [0.15, 0.2) is 102 Å². The average molecular weight is 381 g/mol. The summed E-state index contributed by atoms with van der Waals surface area (Å²) in [5.41, 5.74) is 2.98. The first-order valence-corrected chi connectivity index (χ1v) is 9.75. The van der Waals surface area contributed by atoms with E-state index in [-0.39, 0.29) is 19.8 Å². The van der Waals surface area contributed by atoms with Crippen molar-refractivity contribution in [3.05, 3.63) is 102 Å². The Morgan fingerprint density at radius 3 is 2.79 bits per heavy atom. The van der Waals surface area contributed by atoms with E-state index in [1.54, 1.807) is 6.20 Å². The summed E-state index contributed by atoms with van der Waals surface area (Å²) in [5.74, 6) is 1.71.